The van der Waals surface area contributed by atoms with E-state index in [4.69, 9.17) is 4.74 Å². The van der Waals surface area contributed by atoms with Crippen molar-refractivity contribution in [3.63, 3.8) is 0 Å². The summed E-state index contributed by atoms with van der Waals surface area (Å²) >= 11 is 0. The van der Waals surface area contributed by atoms with E-state index in [-0.39, 0.29) is 11.4 Å². The van der Waals surface area contributed by atoms with Crippen molar-refractivity contribution < 1.29 is 14.3 Å². The first-order valence-corrected chi connectivity index (χ1v) is 16.2. The standard InChI is InChI=1S/C36H52O3/c1-3-4-5-6-7-8-9-10-11-12-13-14-15-16-17-18-35(38)39-29-20-22-30-28(27-29)19-21-32-31(30)25-26-36(2)33(32)23-24-34(36)37/h8-11,20,22,27,31-33H,3-7,12-19,21,23-26H2,1-2H3/b9-8+,11-10-/t31-,32-,33+,36+/m1/s1. The van der Waals surface area contributed by atoms with Crippen LogP contribution < -0.4 is 4.74 Å². The highest BCUT2D eigenvalue weighted by Gasteiger charge is 2.54. The molecule has 0 spiro atoms. The zero-order valence-electron chi connectivity index (χ0n) is 24.7. The second-order valence-corrected chi connectivity index (χ2v) is 12.7. The molecule has 3 nitrogen and oxygen atoms in total. The van der Waals surface area contributed by atoms with E-state index in [0.717, 1.165) is 57.8 Å². The molecule has 0 aromatic heterocycles. The van der Waals surface area contributed by atoms with Crippen LogP contribution in [0.3, 0.4) is 0 Å². The number of rotatable bonds is 15. The highest BCUT2D eigenvalue weighted by molar-refractivity contribution is 5.87. The molecule has 3 aliphatic rings. The molecule has 0 radical (unpaired) electrons. The van der Waals surface area contributed by atoms with E-state index in [1.165, 1.54) is 62.5 Å². The maximum Gasteiger partial charge on any atom is 0.311 e. The first-order valence-electron chi connectivity index (χ1n) is 16.2. The Bertz CT molecular complexity index is 1000. The molecule has 0 amide bonds. The third-order valence-corrected chi connectivity index (χ3v) is 10.00. The van der Waals surface area contributed by atoms with Gasteiger partial charge in [0.1, 0.15) is 11.5 Å². The van der Waals surface area contributed by atoms with Gasteiger partial charge in [0.25, 0.3) is 0 Å². The number of hydrogen-bond donors (Lipinski definition) is 0. The lowest BCUT2D eigenvalue weighted by Gasteiger charge is -2.48. The van der Waals surface area contributed by atoms with Gasteiger partial charge in [0.15, 0.2) is 0 Å². The minimum atomic E-state index is -0.106. The number of allylic oxidation sites excluding steroid dienone is 4. The van der Waals surface area contributed by atoms with Crippen LogP contribution in [0.2, 0.25) is 0 Å². The Morgan fingerprint density at radius 1 is 0.923 bits per heavy atom. The van der Waals surface area contributed by atoms with Crippen molar-refractivity contribution >= 4 is 11.8 Å². The molecular formula is C36H52O3. The Labute approximate surface area is 237 Å². The first-order chi connectivity index (χ1) is 19.0. The molecule has 39 heavy (non-hydrogen) atoms. The van der Waals surface area contributed by atoms with Crippen molar-refractivity contribution in [1.29, 1.82) is 0 Å². The number of carbonyl (C=O) groups is 2. The van der Waals surface area contributed by atoms with Crippen LogP contribution in [0.1, 0.15) is 140 Å². The van der Waals surface area contributed by atoms with Crippen LogP contribution in [0.25, 0.3) is 0 Å². The molecule has 0 heterocycles. The molecule has 4 rings (SSSR count). The molecule has 0 unspecified atom stereocenters. The van der Waals surface area contributed by atoms with Crippen LogP contribution in [-0.2, 0) is 16.0 Å². The van der Waals surface area contributed by atoms with Gasteiger partial charge < -0.3 is 4.74 Å². The van der Waals surface area contributed by atoms with Crippen LogP contribution in [0.15, 0.2) is 42.5 Å². The third-order valence-electron chi connectivity index (χ3n) is 10.00. The van der Waals surface area contributed by atoms with Gasteiger partial charge in [-0.15, -0.1) is 0 Å². The Kier molecular flexibility index (Phi) is 11.5. The quantitative estimate of drug-likeness (QED) is 0.0977. The molecule has 2 fully saturated rings. The first kappa shape index (κ1) is 29.8. The second kappa shape index (κ2) is 15.0. The highest BCUT2D eigenvalue weighted by atomic mass is 16.5. The van der Waals surface area contributed by atoms with Crippen molar-refractivity contribution in [3.05, 3.63) is 53.6 Å². The van der Waals surface area contributed by atoms with Crippen molar-refractivity contribution in [2.75, 3.05) is 0 Å². The molecule has 0 N–H and O–H groups in total. The topological polar surface area (TPSA) is 43.4 Å². The summed E-state index contributed by atoms with van der Waals surface area (Å²) in [5.41, 5.74) is 2.72. The fraction of sp³-hybridized carbons (Fsp3) is 0.667. The summed E-state index contributed by atoms with van der Waals surface area (Å²) in [6.07, 6.45) is 28.9. The van der Waals surface area contributed by atoms with Gasteiger partial charge in [-0.25, -0.2) is 0 Å². The van der Waals surface area contributed by atoms with Crippen molar-refractivity contribution in [1.82, 2.24) is 0 Å². The van der Waals surface area contributed by atoms with E-state index in [1.807, 2.05) is 6.07 Å². The number of aryl methyl sites for hydroxylation is 1. The minimum absolute atomic E-state index is 0.0737. The fourth-order valence-electron chi connectivity index (χ4n) is 7.68. The number of ether oxygens (including phenoxy) is 1. The van der Waals surface area contributed by atoms with Gasteiger partial charge in [-0.1, -0.05) is 82.7 Å². The second-order valence-electron chi connectivity index (χ2n) is 12.7. The number of ketones is 1. The average molecular weight is 533 g/mol. The van der Waals surface area contributed by atoms with E-state index in [9.17, 15) is 9.59 Å². The molecule has 4 atom stereocenters. The minimum Gasteiger partial charge on any atom is -0.427 e. The SMILES string of the molecule is CCCCCC/C=C/C=C\CCCCCCCC(=O)Oc1ccc2c(c1)CC[C@@H]1[C@@H]2CC[C@]2(C)C(=O)CC[C@@H]12. The zero-order valence-corrected chi connectivity index (χ0v) is 24.7. The molecule has 3 aliphatic carbocycles. The number of unbranched alkanes of at least 4 members (excludes halogenated alkanes) is 9. The number of hydrogen-bond acceptors (Lipinski definition) is 3. The third kappa shape index (κ3) is 7.95. The number of esters is 1. The summed E-state index contributed by atoms with van der Waals surface area (Å²) in [5, 5.41) is 0. The van der Waals surface area contributed by atoms with E-state index in [2.05, 4.69) is 50.3 Å². The molecule has 2 saturated carbocycles. The molecule has 0 aliphatic heterocycles. The molecule has 3 heteroatoms. The highest BCUT2D eigenvalue weighted by Crippen LogP contribution is 2.59. The Hall–Kier alpha value is -2.16. The van der Waals surface area contributed by atoms with Gasteiger partial charge in [0.2, 0.25) is 0 Å². The van der Waals surface area contributed by atoms with E-state index >= 15 is 0 Å². The maximum absolute atomic E-state index is 12.6. The molecule has 0 bridgehead atoms. The lowest BCUT2D eigenvalue weighted by atomic mass is 9.55. The summed E-state index contributed by atoms with van der Waals surface area (Å²) in [7, 11) is 0. The van der Waals surface area contributed by atoms with Gasteiger partial charge in [-0.3, -0.25) is 9.59 Å². The summed E-state index contributed by atoms with van der Waals surface area (Å²) in [6.45, 7) is 4.48. The largest absolute Gasteiger partial charge is 0.427 e. The number of fused-ring (bicyclic) bond motifs is 5. The molecule has 1 aromatic rings. The van der Waals surface area contributed by atoms with E-state index < -0.39 is 0 Å². The fourth-order valence-corrected chi connectivity index (χ4v) is 7.68. The van der Waals surface area contributed by atoms with Crippen LogP contribution in [0.4, 0.5) is 0 Å². The maximum atomic E-state index is 12.6. The van der Waals surface area contributed by atoms with Gasteiger partial charge in [0.05, 0.1) is 0 Å². The lowest BCUT2D eigenvalue weighted by Crippen LogP contribution is -2.42. The van der Waals surface area contributed by atoms with Crippen LogP contribution in [-0.4, -0.2) is 11.8 Å². The lowest BCUT2D eigenvalue weighted by molar-refractivity contribution is -0.134. The van der Waals surface area contributed by atoms with Gasteiger partial charge in [-0.05, 0) is 105 Å². The average Bonchev–Trinajstić information content (AvgIpc) is 3.24. The Morgan fingerprint density at radius 2 is 1.64 bits per heavy atom. The number of benzene rings is 1. The van der Waals surface area contributed by atoms with Crippen molar-refractivity contribution in [3.8, 4) is 5.75 Å². The monoisotopic (exact) mass is 532 g/mol. The predicted octanol–water partition coefficient (Wildman–Crippen LogP) is 9.83. The van der Waals surface area contributed by atoms with Crippen LogP contribution in [0, 0.1) is 17.3 Å². The predicted molar refractivity (Wildman–Crippen MR) is 161 cm³/mol. The van der Waals surface area contributed by atoms with Crippen LogP contribution in [0.5, 0.6) is 5.75 Å². The molecule has 0 saturated heterocycles. The van der Waals surface area contributed by atoms with Crippen LogP contribution >= 0.6 is 0 Å². The Balaban J connectivity index is 1.09. The normalized spacial score (nSPS) is 26.1. The van der Waals surface area contributed by atoms with Gasteiger partial charge in [-0.2, -0.15) is 0 Å². The van der Waals surface area contributed by atoms with E-state index in [1.54, 1.807) is 0 Å². The molecule has 1 aromatic carbocycles. The smallest absolute Gasteiger partial charge is 0.311 e. The Morgan fingerprint density at radius 3 is 2.41 bits per heavy atom. The zero-order chi connectivity index (χ0) is 27.5. The molecular weight excluding hydrogens is 480 g/mol. The van der Waals surface area contributed by atoms with E-state index in [0.29, 0.717) is 35.7 Å². The summed E-state index contributed by atoms with van der Waals surface area (Å²) in [5.74, 6) is 2.85. The van der Waals surface area contributed by atoms with Crippen molar-refractivity contribution in [2.24, 2.45) is 17.3 Å². The summed E-state index contributed by atoms with van der Waals surface area (Å²) in [4.78, 5) is 25.0. The molecule has 214 valence electrons. The number of carbonyl (C=O) groups excluding carboxylic acids is 2. The van der Waals surface area contributed by atoms with Crippen molar-refractivity contribution in [2.45, 2.75) is 135 Å². The summed E-state index contributed by atoms with van der Waals surface area (Å²) < 4.78 is 5.74. The summed E-state index contributed by atoms with van der Waals surface area (Å²) in [6, 6.07) is 6.33. The number of Topliss-reactive ketones (excluding diaryl/α,β-unsaturated/α-hetero) is 1. The van der Waals surface area contributed by atoms with Gasteiger partial charge >= 0.3 is 5.97 Å². The van der Waals surface area contributed by atoms with Gasteiger partial charge in [0, 0.05) is 18.3 Å².